The van der Waals surface area contributed by atoms with E-state index in [1.165, 1.54) is 55.5 Å². The summed E-state index contributed by atoms with van der Waals surface area (Å²) in [7, 11) is 0. The van der Waals surface area contributed by atoms with Gasteiger partial charge in [-0.25, -0.2) is 0 Å². The van der Waals surface area contributed by atoms with Crippen LogP contribution in [0.1, 0.15) is 43.2 Å². The van der Waals surface area contributed by atoms with Gasteiger partial charge < -0.3 is 9.88 Å². The highest BCUT2D eigenvalue weighted by atomic mass is 32.1. The van der Waals surface area contributed by atoms with Crippen molar-refractivity contribution < 1.29 is 0 Å². The Bertz CT molecular complexity index is 1330. The number of nitrogens with one attached hydrogen (secondary N) is 1. The number of unbranched alkanes of at least 4 members (excludes halogenated alkanes) is 1. The zero-order valence-electron chi connectivity index (χ0n) is 18.8. The molecule has 0 aliphatic rings. The smallest absolute Gasteiger partial charge is 0.0491 e. The zero-order valence-corrected chi connectivity index (χ0v) is 19.7. The van der Waals surface area contributed by atoms with Gasteiger partial charge in [-0.2, -0.15) is 0 Å². The van der Waals surface area contributed by atoms with Gasteiger partial charge in [0.15, 0.2) is 0 Å². The lowest BCUT2D eigenvalue weighted by atomic mass is 10.1. The number of hydrogen-bond donors (Lipinski definition) is 1. The molecule has 0 aliphatic carbocycles. The molecule has 32 heavy (non-hydrogen) atoms. The van der Waals surface area contributed by atoms with E-state index in [-0.39, 0.29) is 0 Å². The van der Waals surface area contributed by atoms with Crippen LogP contribution >= 0.6 is 11.3 Å². The summed E-state index contributed by atoms with van der Waals surface area (Å²) in [5, 5.41) is 6.38. The number of rotatable bonds is 8. The maximum Gasteiger partial charge on any atom is 0.0491 e. The van der Waals surface area contributed by atoms with Crippen LogP contribution in [0.25, 0.3) is 32.2 Å². The number of aryl methyl sites for hydroxylation is 1. The van der Waals surface area contributed by atoms with Gasteiger partial charge in [0.25, 0.3) is 0 Å². The molecule has 0 bridgehead atoms. The number of fused-ring (bicyclic) bond motifs is 3. The Balaban J connectivity index is 1.41. The summed E-state index contributed by atoms with van der Waals surface area (Å²) in [4.78, 5) is 2.70. The van der Waals surface area contributed by atoms with Gasteiger partial charge in [0, 0.05) is 50.7 Å². The van der Waals surface area contributed by atoms with E-state index >= 15 is 0 Å². The zero-order chi connectivity index (χ0) is 21.9. The minimum atomic E-state index is 0.340. The molecule has 0 saturated heterocycles. The third kappa shape index (κ3) is 4.11. The maximum atomic E-state index is 3.66. The molecule has 0 saturated carbocycles. The third-order valence-corrected chi connectivity index (χ3v) is 7.47. The quantitative estimate of drug-likeness (QED) is 0.258. The molecule has 1 N–H and O–H groups in total. The van der Waals surface area contributed by atoms with Gasteiger partial charge in [0.1, 0.15) is 0 Å². The summed E-state index contributed by atoms with van der Waals surface area (Å²) in [6.07, 6.45) is 2.42. The molecule has 3 heteroatoms. The van der Waals surface area contributed by atoms with E-state index in [0.717, 1.165) is 13.1 Å². The highest BCUT2D eigenvalue weighted by Crippen LogP contribution is 2.35. The summed E-state index contributed by atoms with van der Waals surface area (Å²) in [6, 6.07) is 31.3. The lowest BCUT2D eigenvalue weighted by molar-refractivity contribution is 0.579. The first kappa shape index (κ1) is 21.0. The fraction of sp³-hybridized carbons (Fsp3) is 0.241. The van der Waals surface area contributed by atoms with Crippen molar-refractivity contribution >= 4 is 33.1 Å². The Morgan fingerprint density at radius 2 is 1.62 bits per heavy atom. The molecule has 2 aromatic heterocycles. The molecular weight excluding hydrogens is 408 g/mol. The fourth-order valence-electron chi connectivity index (χ4n) is 4.51. The molecule has 0 aliphatic heterocycles. The average molecular weight is 439 g/mol. The Hall–Kier alpha value is -2.88. The van der Waals surface area contributed by atoms with E-state index in [9.17, 15) is 0 Å². The van der Waals surface area contributed by atoms with E-state index < -0.39 is 0 Å². The lowest BCUT2D eigenvalue weighted by Gasteiger charge is -2.13. The molecule has 0 fully saturated rings. The monoisotopic (exact) mass is 438 g/mol. The second-order valence-corrected chi connectivity index (χ2v) is 9.70. The van der Waals surface area contributed by atoms with Crippen LogP contribution in [0.3, 0.4) is 0 Å². The predicted molar refractivity (Wildman–Crippen MR) is 139 cm³/mol. The number of nitrogens with zero attached hydrogens (tertiary/aromatic N) is 1. The first-order valence-electron chi connectivity index (χ1n) is 11.6. The van der Waals surface area contributed by atoms with Gasteiger partial charge in [-0.1, -0.05) is 67.9 Å². The molecular formula is C29H30N2S. The fourth-order valence-corrected chi connectivity index (χ4v) is 5.46. The molecule has 2 heterocycles. The van der Waals surface area contributed by atoms with Crippen molar-refractivity contribution in [3.63, 3.8) is 0 Å². The highest BCUT2D eigenvalue weighted by molar-refractivity contribution is 7.15. The van der Waals surface area contributed by atoms with Gasteiger partial charge in [0.05, 0.1) is 0 Å². The SMILES string of the molecule is CCCCn1c2ccccc2c2cc(-c3ccc(CN[C@H](C)c4ccccc4)s3)ccc21. The van der Waals surface area contributed by atoms with E-state index in [1.54, 1.807) is 0 Å². The number of aromatic nitrogens is 1. The van der Waals surface area contributed by atoms with Crippen LogP contribution in [0, 0.1) is 0 Å². The van der Waals surface area contributed by atoms with Gasteiger partial charge in [0.2, 0.25) is 0 Å². The molecule has 2 nitrogen and oxygen atoms in total. The second-order valence-electron chi connectivity index (χ2n) is 8.53. The van der Waals surface area contributed by atoms with E-state index in [2.05, 4.69) is 109 Å². The van der Waals surface area contributed by atoms with E-state index in [1.807, 2.05) is 11.3 Å². The minimum Gasteiger partial charge on any atom is -0.340 e. The Labute approximate surface area is 194 Å². The minimum absolute atomic E-state index is 0.340. The molecule has 0 radical (unpaired) electrons. The number of benzene rings is 3. The summed E-state index contributed by atoms with van der Waals surface area (Å²) >= 11 is 1.89. The van der Waals surface area contributed by atoms with Crippen LogP contribution < -0.4 is 5.32 Å². The normalized spacial score (nSPS) is 12.6. The first-order chi connectivity index (χ1) is 15.7. The van der Waals surface area contributed by atoms with Crippen LogP contribution in [0.4, 0.5) is 0 Å². The molecule has 0 unspecified atom stereocenters. The largest absolute Gasteiger partial charge is 0.340 e. The molecule has 1 atom stereocenters. The topological polar surface area (TPSA) is 17.0 Å². The standard InChI is InChI=1S/C29H30N2S/c1-3-4-18-31-27-13-9-8-12-25(27)26-19-23(14-16-28(26)31)29-17-15-24(32-29)20-30-21(2)22-10-6-5-7-11-22/h5-17,19,21,30H,3-4,18,20H2,1-2H3/t21-/m1/s1. The number of hydrogen-bond acceptors (Lipinski definition) is 2. The van der Waals surface area contributed by atoms with Crippen molar-refractivity contribution in [1.29, 1.82) is 0 Å². The highest BCUT2D eigenvalue weighted by Gasteiger charge is 2.12. The molecule has 3 aromatic carbocycles. The first-order valence-corrected chi connectivity index (χ1v) is 12.4. The van der Waals surface area contributed by atoms with E-state index in [4.69, 9.17) is 0 Å². The Kier molecular flexibility index (Phi) is 6.11. The third-order valence-electron chi connectivity index (χ3n) is 6.34. The number of para-hydroxylation sites is 1. The van der Waals surface area contributed by atoms with Crippen molar-refractivity contribution in [3.8, 4) is 10.4 Å². The van der Waals surface area contributed by atoms with Crippen LogP contribution in [0.15, 0.2) is 84.9 Å². The van der Waals surface area contributed by atoms with Crippen LogP contribution in [-0.4, -0.2) is 4.57 Å². The summed E-state index contributed by atoms with van der Waals surface area (Å²) < 4.78 is 2.49. The van der Waals surface area contributed by atoms with Crippen LogP contribution in [0.2, 0.25) is 0 Å². The Morgan fingerprint density at radius 3 is 2.47 bits per heavy atom. The van der Waals surface area contributed by atoms with Gasteiger partial charge in [-0.15, -0.1) is 11.3 Å². The molecule has 0 spiro atoms. The summed E-state index contributed by atoms with van der Waals surface area (Å²) in [6.45, 7) is 6.45. The molecule has 5 rings (SSSR count). The van der Waals surface area contributed by atoms with Crippen molar-refractivity contribution in [1.82, 2.24) is 9.88 Å². The van der Waals surface area contributed by atoms with E-state index in [0.29, 0.717) is 6.04 Å². The van der Waals surface area contributed by atoms with Crippen LogP contribution in [0.5, 0.6) is 0 Å². The van der Waals surface area contributed by atoms with Gasteiger partial charge in [-0.3, -0.25) is 0 Å². The van der Waals surface area contributed by atoms with Crippen LogP contribution in [-0.2, 0) is 13.1 Å². The van der Waals surface area contributed by atoms with Gasteiger partial charge >= 0.3 is 0 Å². The maximum absolute atomic E-state index is 3.66. The summed E-state index contributed by atoms with van der Waals surface area (Å²) in [5.74, 6) is 0. The molecule has 5 aromatic rings. The number of thiophene rings is 1. The van der Waals surface area contributed by atoms with Crippen molar-refractivity contribution in [2.75, 3.05) is 0 Å². The lowest BCUT2D eigenvalue weighted by Crippen LogP contribution is -2.17. The summed E-state index contributed by atoms with van der Waals surface area (Å²) in [5.41, 5.74) is 5.33. The Morgan fingerprint density at radius 1 is 0.844 bits per heavy atom. The molecule has 0 amide bonds. The molecule has 162 valence electrons. The average Bonchev–Trinajstić information content (AvgIpc) is 3.44. The van der Waals surface area contributed by atoms with Crippen molar-refractivity contribution in [2.24, 2.45) is 0 Å². The van der Waals surface area contributed by atoms with Gasteiger partial charge in [-0.05, 0) is 54.8 Å². The second kappa shape index (κ2) is 9.32. The van der Waals surface area contributed by atoms with Crippen molar-refractivity contribution in [2.45, 2.75) is 45.8 Å². The van der Waals surface area contributed by atoms with Crippen molar-refractivity contribution in [3.05, 3.63) is 95.4 Å². The predicted octanol–water partition coefficient (Wildman–Crippen LogP) is 8.17.